The van der Waals surface area contributed by atoms with Crippen LogP contribution in [0.4, 0.5) is 0 Å². The molecule has 6 nitrogen and oxygen atoms in total. The summed E-state index contributed by atoms with van der Waals surface area (Å²) >= 11 is 5.04. The molecule has 1 aromatic carbocycles. The van der Waals surface area contributed by atoms with Crippen molar-refractivity contribution in [3.63, 3.8) is 0 Å². The zero-order chi connectivity index (χ0) is 14.8. The maximum atomic E-state index is 5.26. The quantitative estimate of drug-likeness (QED) is 0.341. The highest BCUT2D eigenvalue weighted by molar-refractivity contribution is 7.80. The average Bonchev–Trinajstić information content (AvgIpc) is 2.47. The monoisotopic (exact) mass is 297 g/mol. The first-order valence-electron chi connectivity index (χ1n) is 5.99. The number of nitrogens with zero attached hydrogens (tertiary/aromatic N) is 1. The Bertz CT molecular complexity index is 466. The van der Waals surface area contributed by atoms with Gasteiger partial charge in [0.1, 0.15) is 11.5 Å². The number of ether oxygens (including phenoxy) is 3. The molecule has 0 spiro atoms. The van der Waals surface area contributed by atoms with E-state index in [0.29, 0.717) is 24.0 Å². The zero-order valence-electron chi connectivity index (χ0n) is 11.8. The number of hydrogen-bond donors (Lipinski definition) is 2. The Kier molecular flexibility index (Phi) is 7.38. The van der Waals surface area contributed by atoms with Crippen LogP contribution in [0.25, 0.3) is 0 Å². The van der Waals surface area contributed by atoms with E-state index in [2.05, 4.69) is 15.8 Å². The molecule has 7 heteroatoms. The fraction of sp³-hybridized carbons (Fsp3) is 0.385. The summed E-state index contributed by atoms with van der Waals surface area (Å²) < 4.78 is 15.3. The van der Waals surface area contributed by atoms with Gasteiger partial charge >= 0.3 is 0 Å². The third-order valence-corrected chi connectivity index (χ3v) is 2.64. The van der Waals surface area contributed by atoms with Gasteiger partial charge in [-0.2, -0.15) is 5.10 Å². The van der Waals surface area contributed by atoms with Gasteiger partial charge in [0.25, 0.3) is 0 Å². The van der Waals surface area contributed by atoms with Crippen molar-refractivity contribution in [1.82, 2.24) is 10.7 Å². The molecular formula is C13H19N3O3S. The van der Waals surface area contributed by atoms with Crippen LogP contribution in [0.3, 0.4) is 0 Å². The van der Waals surface area contributed by atoms with E-state index in [4.69, 9.17) is 26.4 Å². The van der Waals surface area contributed by atoms with Gasteiger partial charge in [0, 0.05) is 25.3 Å². The Morgan fingerprint density at radius 3 is 2.75 bits per heavy atom. The summed E-state index contributed by atoms with van der Waals surface area (Å²) in [4.78, 5) is 0. The third kappa shape index (κ3) is 5.41. The lowest BCUT2D eigenvalue weighted by Gasteiger charge is -2.08. The van der Waals surface area contributed by atoms with Crippen LogP contribution in [0.15, 0.2) is 23.3 Å². The van der Waals surface area contributed by atoms with E-state index in [-0.39, 0.29) is 0 Å². The molecule has 0 saturated carbocycles. The zero-order valence-corrected chi connectivity index (χ0v) is 12.6. The summed E-state index contributed by atoms with van der Waals surface area (Å²) in [6, 6.07) is 5.47. The molecule has 0 unspecified atom stereocenters. The Labute approximate surface area is 124 Å². The third-order valence-electron chi connectivity index (χ3n) is 2.40. The summed E-state index contributed by atoms with van der Waals surface area (Å²) in [5, 5.41) is 7.43. The van der Waals surface area contributed by atoms with Crippen molar-refractivity contribution in [3.05, 3.63) is 23.8 Å². The number of thiocarbonyl (C=S) groups is 1. The molecular weight excluding hydrogens is 278 g/mol. The van der Waals surface area contributed by atoms with Crippen molar-refractivity contribution in [3.8, 4) is 11.5 Å². The standard InChI is InChI=1S/C13H19N3O3S/c1-17-7-6-14-13(20)16-15-9-10-4-5-11(18-2)8-12(10)19-3/h4-5,8-9H,6-7H2,1-3H3,(H2,14,16,20). The van der Waals surface area contributed by atoms with E-state index in [1.54, 1.807) is 33.6 Å². The lowest BCUT2D eigenvalue weighted by molar-refractivity contribution is 0.204. The molecule has 0 fully saturated rings. The first kappa shape index (κ1) is 16.2. The molecule has 1 rings (SSSR count). The smallest absolute Gasteiger partial charge is 0.187 e. The minimum absolute atomic E-state index is 0.436. The SMILES string of the molecule is COCCNC(=S)NN=Cc1ccc(OC)cc1OC. The van der Waals surface area contributed by atoms with Crippen LogP contribution in [-0.2, 0) is 4.74 Å². The Balaban J connectivity index is 2.55. The fourth-order valence-electron chi connectivity index (χ4n) is 1.39. The number of benzene rings is 1. The van der Waals surface area contributed by atoms with Gasteiger partial charge in [0.05, 0.1) is 27.0 Å². The lowest BCUT2D eigenvalue weighted by Crippen LogP contribution is -2.34. The van der Waals surface area contributed by atoms with Gasteiger partial charge in [-0.1, -0.05) is 0 Å². The van der Waals surface area contributed by atoms with E-state index in [1.807, 2.05) is 12.1 Å². The van der Waals surface area contributed by atoms with Crippen molar-refractivity contribution in [2.75, 3.05) is 34.5 Å². The van der Waals surface area contributed by atoms with Crippen LogP contribution in [0.1, 0.15) is 5.56 Å². The molecule has 2 N–H and O–H groups in total. The topological polar surface area (TPSA) is 64.1 Å². The van der Waals surface area contributed by atoms with Gasteiger partial charge in [0.2, 0.25) is 0 Å². The number of hydrazone groups is 1. The van der Waals surface area contributed by atoms with E-state index < -0.39 is 0 Å². The van der Waals surface area contributed by atoms with Crippen molar-refractivity contribution < 1.29 is 14.2 Å². The molecule has 0 aromatic heterocycles. The molecule has 0 aliphatic heterocycles. The van der Waals surface area contributed by atoms with Crippen molar-refractivity contribution in [2.24, 2.45) is 5.10 Å². The van der Waals surface area contributed by atoms with Crippen LogP contribution in [0.5, 0.6) is 11.5 Å². The molecule has 0 amide bonds. The minimum Gasteiger partial charge on any atom is -0.497 e. The van der Waals surface area contributed by atoms with Crippen LogP contribution in [-0.4, -0.2) is 45.8 Å². The number of nitrogens with one attached hydrogen (secondary N) is 2. The molecule has 0 radical (unpaired) electrons. The van der Waals surface area contributed by atoms with Crippen molar-refractivity contribution in [1.29, 1.82) is 0 Å². The number of hydrogen-bond acceptors (Lipinski definition) is 5. The Morgan fingerprint density at radius 1 is 1.30 bits per heavy atom. The second kappa shape index (κ2) is 9.11. The summed E-state index contributed by atoms with van der Waals surface area (Å²) in [6.07, 6.45) is 1.63. The van der Waals surface area contributed by atoms with E-state index in [0.717, 1.165) is 11.3 Å². The molecule has 0 aliphatic carbocycles. The summed E-state index contributed by atoms with van der Waals surface area (Å²) in [5.74, 6) is 1.40. The minimum atomic E-state index is 0.436. The van der Waals surface area contributed by atoms with Crippen LogP contribution < -0.4 is 20.2 Å². The van der Waals surface area contributed by atoms with Gasteiger partial charge in [-0.05, 0) is 24.4 Å². The maximum Gasteiger partial charge on any atom is 0.187 e. The first-order valence-corrected chi connectivity index (χ1v) is 6.40. The first-order chi connectivity index (χ1) is 9.71. The normalized spacial score (nSPS) is 10.3. The predicted molar refractivity (Wildman–Crippen MR) is 82.8 cm³/mol. The Morgan fingerprint density at radius 2 is 2.10 bits per heavy atom. The highest BCUT2D eigenvalue weighted by Gasteiger charge is 2.02. The number of rotatable bonds is 7. The Hall–Kier alpha value is -1.86. The number of methoxy groups -OCH3 is 3. The molecule has 110 valence electrons. The van der Waals surface area contributed by atoms with Gasteiger partial charge in [-0.25, -0.2) is 0 Å². The molecule has 0 bridgehead atoms. The molecule has 0 heterocycles. The molecule has 20 heavy (non-hydrogen) atoms. The van der Waals surface area contributed by atoms with Gasteiger partial charge in [-0.15, -0.1) is 0 Å². The summed E-state index contributed by atoms with van der Waals surface area (Å²) in [5.41, 5.74) is 3.54. The highest BCUT2D eigenvalue weighted by Crippen LogP contribution is 2.22. The van der Waals surface area contributed by atoms with E-state index in [9.17, 15) is 0 Å². The van der Waals surface area contributed by atoms with Crippen LogP contribution in [0, 0.1) is 0 Å². The summed E-state index contributed by atoms with van der Waals surface area (Å²) in [7, 11) is 4.83. The van der Waals surface area contributed by atoms with Crippen LogP contribution in [0.2, 0.25) is 0 Å². The van der Waals surface area contributed by atoms with Gasteiger partial charge in [0.15, 0.2) is 5.11 Å². The second-order valence-corrected chi connectivity index (χ2v) is 4.13. The van der Waals surface area contributed by atoms with Gasteiger partial charge < -0.3 is 19.5 Å². The molecule has 0 saturated heterocycles. The molecule has 0 aliphatic rings. The maximum absolute atomic E-state index is 5.26. The fourth-order valence-corrected chi connectivity index (χ4v) is 1.55. The van der Waals surface area contributed by atoms with Crippen molar-refractivity contribution in [2.45, 2.75) is 0 Å². The molecule has 0 atom stereocenters. The highest BCUT2D eigenvalue weighted by atomic mass is 32.1. The predicted octanol–water partition coefficient (Wildman–Crippen LogP) is 1.15. The van der Waals surface area contributed by atoms with Crippen LogP contribution >= 0.6 is 12.2 Å². The van der Waals surface area contributed by atoms with Gasteiger partial charge in [-0.3, -0.25) is 5.43 Å². The summed E-state index contributed by atoms with van der Waals surface area (Å²) in [6.45, 7) is 1.21. The second-order valence-electron chi connectivity index (χ2n) is 3.73. The largest absolute Gasteiger partial charge is 0.497 e. The van der Waals surface area contributed by atoms with E-state index >= 15 is 0 Å². The average molecular weight is 297 g/mol. The van der Waals surface area contributed by atoms with Crippen molar-refractivity contribution >= 4 is 23.5 Å². The molecule has 1 aromatic rings. The lowest BCUT2D eigenvalue weighted by atomic mass is 10.2. The van der Waals surface area contributed by atoms with E-state index in [1.165, 1.54) is 0 Å².